The van der Waals surface area contributed by atoms with Crippen LogP contribution in [0.3, 0.4) is 0 Å². The van der Waals surface area contributed by atoms with Gasteiger partial charge >= 0.3 is 0 Å². The van der Waals surface area contributed by atoms with Gasteiger partial charge in [-0.1, -0.05) is 29.0 Å². The predicted molar refractivity (Wildman–Crippen MR) is 75.5 cm³/mol. The second kappa shape index (κ2) is 5.44. The number of hydrogen-bond acceptors (Lipinski definition) is 4. The molecule has 0 aliphatic rings. The average Bonchev–Trinajstić information content (AvgIpc) is 2.81. The zero-order valence-electron chi connectivity index (χ0n) is 9.37. The molecule has 1 atom stereocenters. The van der Waals surface area contributed by atoms with Crippen molar-refractivity contribution in [2.24, 2.45) is 0 Å². The maximum absolute atomic E-state index is 5.96. The molecule has 6 heteroatoms. The van der Waals surface area contributed by atoms with Crippen molar-refractivity contribution in [2.45, 2.75) is 13.0 Å². The van der Waals surface area contributed by atoms with Crippen molar-refractivity contribution < 1.29 is 0 Å². The summed E-state index contributed by atoms with van der Waals surface area (Å²) in [4.78, 5) is 0. The molecule has 2 aromatic rings. The molecule has 0 radical (unpaired) electrons. The van der Waals surface area contributed by atoms with Gasteiger partial charge < -0.3 is 5.32 Å². The monoisotopic (exact) mass is 331 g/mol. The van der Waals surface area contributed by atoms with Gasteiger partial charge in [-0.2, -0.15) is 0 Å². The number of halogens is 2. The minimum Gasteiger partial charge on any atom is -0.311 e. The third-order valence-electron chi connectivity index (χ3n) is 2.41. The van der Waals surface area contributed by atoms with Gasteiger partial charge in [-0.05, 0) is 42.0 Å². The molecular formula is C11H11BrClN3S. The maximum Gasteiger partial charge on any atom is 0.147 e. The van der Waals surface area contributed by atoms with Gasteiger partial charge in [-0.25, -0.2) is 0 Å². The number of nitrogens with one attached hydrogen (secondary N) is 1. The summed E-state index contributed by atoms with van der Waals surface area (Å²) in [6, 6.07) is 5.97. The summed E-state index contributed by atoms with van der Waals surface area (Å²) in [5, 5.41) is 14.1. The van der Waals surface area contributed by atoms with Gasteiger partial charge in [0.2, 0.25) is 0 Å². The van der Waals surface area contributed by atoms with E-state index in [9.17, 15) is 0 Å². The van der Waals surface area contributed by atoms with Crippen LogP contribution in [0.5, 0.6) is 0 Å². The molecule has 90 valence electrons. The Kier molecular flexibility index (Phi) is 4.14. The molecule has 2 rings (SSSR count). The molecular weight excluding hydrogens is 322 g/mol. The molecule has 1 aromatic heterocycles. The molecule has 0 saturated carbocycles. The van der Waals surface area contributed by atoms with E-state index in [-0.39, 0.29) is 6.04 Å². The van der Waals surface area contributed by atoms with Gasteiger partial charge in [0.1, 0.15) is 10.0 Å². The van der Waals surface area contributed by atoms with E-state index in [4.69, 9.17) is 11.6 Å². The van der Waals surface area contributed by atoms with E-state index < -0.39 is 0 Å². The molecule has 0 spiro atoms. The van der Waals surface area contributed by atoms with Crippen molar-refractivity contribution >= 4 is 38.9 Å². The standard InChI is InChI=1S/C11H11BrClN3S/c1-6(14-2)10-15-16-11(17-10)7-3-4-9(13)8(12)5-7/h3-6,14H,1-2H3. The first-order valence-corrected chi connectivity index (χ1v) is 7.06. The first kappa shape index (κ1) is 13.0. The molecule has 1 heterocycles. The highest BCUT2D eigenvalue weighted by atomic mass is 79.9. The Morgan fingerprint density at radius 2 is 2.18 bits per heavy atom. The first-order chi connectivity index (χ1) is 8.11. The SMILES string of the molecule is CNC(C)c1nnc(-c2ccc(Cl)c(Br)c2)s1. The summed E-state index contributed by atoms with van der Waals surface area (Å²) >= 11 is 10.9. The quantitative estimate of drug-likeness (QED) is 0.926. The molecule has 1 N–H and O–H groups in total. The van der Waals surface area contributed by atoms with E-state index >= 15 is 0 Å². The number of hydrogen-bond donors (Lipinski definition) is 1. The third kappa shape index (κ3) is 2.85. The summed E-state index contributed by atoms with van der Waals surface area (Å²) in [5.41, 5.74) is 1.02. The lowest BCUT2D eigenvalue weighted by molar-refractivity contribution is 0.640. The summed E-state index contributed by atoms with van der Waals surface area (Å²) in [6.45, 7) is 2.06. The van der Waals surface area contributed by atoms with E-state index in [1.54, 1.807) is 11.3 Å². The van der Waals surface area contributed by atoms with Gasteiger partial charge in [-0.3, -0.25) is 0 Å². The van der Waals surface area contributed by atoms with Crippen LogP contribution in [0.2, 0.25) is 5.02 Å². The third-order valence-corrected chi connectivity index (χ3v) is 4.78. The zero-order valence-corrected chi connectivity index (χ0v) is 12.5. The van der Waals surface area contributed by atoms with Crippen molar-refractivity contribution in [3.63, 3.8) is 0 Å². The summed E-state index contributed by atoms with van der Waals surface area (Å²) in [5.74, 6) is 0. The van der Waals surface area contributed by atoms with Crippen molar-refractivity contribution in [2.75, 3.05) is 7.05 Å². The normalized spacial score (nSPS) is 12.7. The van der Waals surface area contributed by atoms with E-state index in [1.165, 1.54) is 0 Å². The highest BCUT2D eigenvalue weighted by Crippen LogP contribution is 2.31. The van der Waals surface area contributed by atoms with E-state index in [0.717, 1.165) is 20.1 Å². The fraction of sp³-hybridized carbons (Fsp3) is 0.273. The van der Waals surface area contributed by atoms with E-state index in [0.29, 0.717) is 5.02 Å². The second-order valence-corrected chi connectivity index (χ2v) is 5.86. The topological polar surface area (TPSA) is 37.8 Å². The molecule has 0 amide bonds. The van der Waals surface area contributed by atoms with Crippen LogP contribution < -0.4 is 5.32 Å². The summed E-state index contributed by atoms with van der Waals surface area (Å²) < 4.78 is 0.870. The molecule has 0 fully saturated rings. The number of benzene rings is 1. The van der Waals surface area contributed by atoms with Gasteiger partial charge in [0, 0.05) is 10.0 Å². The fourth-order valence-electron chi connectivity index (χ4n) is 1.28. The van der Waals surface area contributed by atoms with E-state index in [2.05, 4.69) is 38.4 Å². The lowest BCUT2D eigenvalue weighted by atomic mass is 10.2. The Balaban J connectivity index is 2.33. The molecule has 17 heavy (non-hydrogen) atoms. The molecule has 0 saturated heterocycles. The van der Waals surface area contributed by atoms with Crippen LogP contribution in [0.25, 0.3) is 10.6 Å². The van der Waals surface area contributed by atoms with Crippen LogP contribution in [0.4, 0.5) is 0 Å². The van der Waals surface area contributed by atoms with Crippen LogP contribution in [-0.4, -0.2) is 17.2 Å². The summed E-state index contributed by atoms with van der Waals surface area (Å²) in [7, 11) is 1.91. The Morgan fingerprint density at radius 3 is 2.82 bits per heavy atom. The minimum absolute atomic E-state index is 0.219. The molecule has 3 nitrogen and oxygen atoms in total. The van der Waals surface area contributed by atoms with Gasteiger partial charge in [-0.15, -0.1) is 10.2 Å². The fourth-order valence-corrected chi connectivity index (χ4v) is 2.68. The molecule has 0 aliphatic carbocycles. The highest BCUT2D eigenvalue weighted by Gasteiger charge is 2.12. The lowest BCUT2D eigenvalue weighted by Gasteiger charge is -2.03. The van der Waals surface area contributed by atoms with Crippen LogP contribution in [0.1, 0.15) is 18.0 Å². The maximum atomic E-state index is 5.96. The number of rotatable bonds is 3. The smallest absolute Gasteiger partial charge is 0.147 e. The average molecular weight is 333 g/mol. The molecule has 1 aromatic carbocycles. The van der Waals surface area contributed by atoms with Gasteiger partial charge in [0.05, 0.1) is 11.1 Å². The Labute approximate surface area is 117 Å². The van der Waals surface area contributed by atoms with E-state index in [1.807, 2.05) is 25.2 Å². The highest BCUT2D eigenvalue weighted by molar-refractivity contribution is 9.10. The number of nitrogens with zero attached hydrogens (tertiary/aromatic N) is 2. The van der Waals surface area contributed by atoms with Crippen molar-refractivity contribution in [1.29, 1.82) is 0 Å². The van der Waals surface area contributed by atoms with Crippen LogP contribution >= 0.6 is 38.9 Å². The number of aromatic nitrogens is 2. The molecule has 0 bridgehead atoms. The van der Waals surface area contributed by atoms with Gasteiger partial charge in [0.25, 0.3) is 0 Å². The predicted octanol–water partition coefficient (Wildman–Crippen LogP) is 3.90. The molecule has 0 aliphatic heterocycles. The largest absolute Gasteiger partial charge is 0.311 e. The Hall–Kier alpha value is -0.490. The van der Waals surface area contributed by atoms with Crippen molar-refractivity contribution in [3.05, 3.63) is 32.7 Å². The molecule has 1 unspecified atom stereocenters. The van der Waals surface area contributed by atoms with Crippen LogP contribution in [0.15, 0.2) is 22.7 Å². The lowest BCUT2D eigenvalue weighted by Crippen LogP contribution is -2.11. The minimum atomic E-state index is 0.219. The van der Waals surface area contributed by atoms with Crippen molar-refractivity contribution in [1.82, 2.24) is 15.5 Å². The summed E-state index contributed by atoms with van der Waals surface area (Å²) in [6.07, 6.45) is 0. The van der Waals surface area contributed by atoms with Crippen LogP contribution in [0, 0.1) is 0 Å². The second-order valence-electron chi connectivity index (χ2n) is 3.58. The first-order valence-electron chi connectivity index (χ1n) is 5.08. The van der Waals surface area contributed by atoms with Gasteiger partial charge in [0.15, 0.2) is 0 Å². The zero-order chi connectivity index (χ0) is 12.4. The Morgan fingerprint density at radius 1 is 1.41 bits per heavy atom. The van der Waals surface area contributed by atoms with Crippen LogP contribution in [-0.2, 0) is 0 Å². The van der Waals surface area contributed by atoms with Crippen molar-refractivity contribution in [3.8, 4) is 10.6 Å². The Bertz CT molecular complexity index is 529.